The van der Waals surface area contributed by atoms with E-state index in [-0.39, 0.29) is 30.3 Å². The first-order valence-electron chi connectivity index (χ1n) is 6.35. The van der Waals surface area contributed by atoms with Gasteiger partial charge in [0.25, 0.3) is 0 Å². The molecule has 2 atom stereocenters. The molecule has 1 aliphatic rings. The lowest BCUT2D eigenvalue weighted by molar-refractivity contribution is -0.132. The van der Waals surface area contributed by atoms with Crippen LogP contribution >= 0.6 is 0 Å². The second-order valence-electron chi connectivity index (χ2n) is 4.71. The standard InChI is InChI=1S/C12H23N3O3/c1-4-5-13-10-8-18-7-9(10)12(17)14-6-11(16)15(2)3/h9-10,13H,4-8H2,1-3H3,(H,14,17). The van der Waals surface area contributed by atoms with Crippen molar-refractivity contribution in [2.45, 2.75) is 19.4 Å². The molecule has 0 bridgehead atoms. The molecule has 0 aromatic heterocycles. The Morgan fingerprint density at radius 2 is 2.06 bits per heavy atom. The van der Waals surface area contributed by atoms with Crippen molar-refractivity contribution >= 4 is 11.8 Å². The number of nitrogens with zero attached hydrogens (tertiary/aromatic N) is 1. The van der Waals surface area contributed by atoms with E-state index in [9.17, 15) is 9.59 Å². The van der Waals surface area contributed by atoms with Crippen molar-refractivity contribution in [3.8, 4) is 0 Å². The summed E-state index contributed by atoms with van der Waals surface area (Å²) in [6, 6.07) is 0.0550. The highest BCUT2D eigenvalue weighted by atomic mass is 16.5. The van der Waals surface area contributed by atoms with Gasteiger partial charge in [0.15, 0.2) is 0 Å². The normalized spacial score (nSPS) is 22.8. The van der Waals surface area contributed by atoms with Gasteiger partial charge in [-0.2, -0.15) is 0 Å². The van der Waals surface area contributed by atoms with Crippen LogP contribution in [0.15, 0.2) is 0 Å². The molecule has 104 valence electrons. The Labute approximate surface area is 108 Å². The summed E-state index contributed by atoms with van der Waals surface area (Å²) in [5, 5.41) is 5.95. The van der Waals surface area contributed by atoms with E-state index in [4.69, 9.17) is 4.74 Å². The third kappa shape index (κ3) is 4.27. The average molecular weight is 257 g/mol. The molecule has 6 heteroatoms. The van der Waals surface area contributed by atoms with Gasteiger partial charge in [0, 0.05) is 20.1 Å². The van der Waals surface area contributed by atoms with Crippen molar-refractivity contribution < 1.29 is 14.3 Å². The Kier molecular flexibility index (Phi) is 6.07. The maximum Gasteiger partial charge on any atom is 0.241 e. The van der Waals surface area contributed by atoms with Crippen molar-refractivity contribution in [2.75, 3.05) is 40.4 Å². The lowest BCUT2D eigenvalue weighted by Gasteiger charge is -2.19. The Morgan fingerprint density at radius 1 is 1.33 bits per heavy atom. The summed E-state index contributed by atoms with van der Waals surface area (Å²) in [6.07, 6.45) is 1.02. The van der Waals surface area contributed by atoms with Crippen LogP contribution in [0.5, 0.6) is 0 Å². The van der Waals surface area contributed by atoms with Crippen LogP contribution in [0.1, 0.15) is 13.3 Å². The fourth-order valence-electron chi connectivity index (χ4n) is 1.80. The van der Waals surface area contributed by atoms with Gasteiger partial charge in [-0.3, -0.25) is 9.59 Å². The van der Waals surface area contributed by atoms with Crippen molar-refractivity contribution in [3.63, 3.8) is 0 Å². The Hall–Kier alpha value is -1.14. The number of ether oxygens (including phenoxy) is 1. The van der Waals surface area contributed by atoms with Gasteiger partial charge in [-0.05, 0) is 13.0 Å². The van der Waals surface area contributed by atoms with Crippen LogP contribution in [0.25, 0.3) is 0 Å². The summed E-state index contributed by atoms with van der Waals surface area (Å²) in [7, 11) is 3.33. The van der Waals surface area contributed by atoms with E-state index in [1.54, 1.807) is 14.1 Å². The molecule has 6 nitrogen and oxygen atoms in total. The maximum absolute atomic E-state index is 11.9. The number of carbonyl (C=O) groups excluding carboxylic acids is 2. The largest absolute Gasteiger partial charge is 0.379 e. The minimum atomic E-state index is -0.202. The zero-order chi connectivity index (χ0) is 13.5. The van der Waals surface area contributed by atoms with E-state index >= 15 is 0 Å². The maximum atomic E-state index is 11.9. The topological polar surface area (TPSA) is 70.7 Å². The van der Waals surface area contributed by atoms with Gasteiger partial charge < -0.3 is 20.3 Å². The minimum Gasteiger partial charge on any atom is -0.379 e. The van der Waals surface area contributed by atoms with E-state index in [0.29, 0.717) is 13.2 Å². The molecule has 2 N–H and O–H groups in total. The molecule has 0 aromatic rings. The first kappa shape index (κ1) is 14.9. The SMILES string of the molecule is CCCNC1COCC1C(=O)NCC(=O)N(C)C. The highest BCUT2D eigenvalue weighted by Crippen LogP contribution is 2.13. The summed E-state index contributed by atoms with van der Waals surface area (Å²) in [5.41, 5.74) is 0. The van der Waals surface area contributed by atoms with E-state index in [2.05, 4.69) is 17.6 Å². The number of nitrogens with one attached hydrogen (secondary N) is 2. The summed E-state index contributed by atoms with van der Waals surface area (Å²) in [6.45, 7) is 3.97. The molecule has 1 rings (SSSR count). The van der Waals surface area contributed by atoms with Crippen LogP contribution in [-0.4, -0.2) is 63.2 Å². The first-order valence-corrected chi connectivity index (χ1v) is 6.35. The van der Waals surface area contributed by atoms with Crippen molar-refractivity contribution in [1.29, 1.82) is 0 Å². The van der Waals surface area contributed by atoms with Crippen LogP contribution in [0, 0.1) is 5.92 Å². The molecular formula is C12H23N3O3. The highest BCUT2D eigenvalue weighted by molar-refractivity contribution is 5.86. The lowest BCUT2D eigenvalue weighted by atomic mass is 10.0. The molecule has 0 aromatic carbocycles. The van der Waals surface area contributed by atoms with Crippen molar-refractivity contribution in [3.05, 3.63) is 0 Å². The average Bonchev–Trinajstić information content (AvgIpc) is 2.81. The number of likely N-dealkylation sites (N-methyl/N-ethyl adjacent to an activating group) is 1. The van der Waals surface area contributed by atoms with Gasteiger partial charge >= 0.3 is 0 Å². The van der Waals surface area contributed by atoms with E-state index in [1.807, 2.05) is 0 Å². The van der Waals surface area contributed by atoms with Crippen molar-refractivity contribution in [2.24, 2.45) is 5.92 Å². The molecule has 1 aliphatic heterocycles. The third-order valence-electron chi connectivity index (χ3n) is 2.99. The lowest BCUT2D eigenvalue weighted by Crippen LogP contribution is -2.46. The second-order valence-corrected chi connectivity index (χ2v) is 4.71. The van der Waals surface area contributed by atoms with E-state index in [0.717, 1.165) is 13.0 Å². The smallest absolute Gasteiger partial charge is 0.241 e. The molecule has 0 aliphatic carbocycles. The summed E-state index contributed by atoms with van der Waals surface area (Å²) < 4.78 is 5.32. The number of hydrogen-bond donors (Lipinski definition) is 2. The van der Waals surface area contributed by atoms with E-state index in [1.165, 1.54) is 4.90 Å². The molecule has 1 saturated heterocycles. The van der Waals surface area contributed by atoms with Gasteiger partial charge in [-0.15, -0.1) is 0 Å². The number of carbonyl (C=O) groups is 2. The van der Waals surface area contributed by atoms with Crippen LogP contribution in [0.4, 0.5) is 0 Å². The number of rotatable bonds is 6. The molecule has 1 heterocycles. The zero-order valence-corrected chi connectivity index (χ0v) is 11.4. The van der Waals surface area contributed by atoms with Crippen LogP contribution in [0.3, 0.4) is 0 Å². The molecule has 1 fully saturated rings. The van der Waals surface area contributed by atoms with Crippen LogP contribution in [0.2, 0.25) is 0 Å². The van der Waals surface area contributed by atoms with Gasteiger partial charge in [0.1, 0.15) is 0 Å². The van der Waals surface area contributed by atoms with Gasteiger partial charge in [0.05, 0.1) is 25.7 Å². The molecule has 0 radical (unpaired) electrons. The quantitative estimate of drug-likeness (QED) is 0.654. The fraction of sp³-hybridized carbons (Fsp3) is 0.833. The predicted molar refractivity (Wildman–Crippen MR) is 68.1 cm³/mol. The summed E-state index contributed by atoms with van der Waals surface area (Å²) in [4.78, 5) is 24.8. The van der Waals surface area contributed by atoms with Crippen LogP contribution < -0.4 is 10.6 Å². The summed E-state index contributed by atoms with van der Waals surface area (Å²) in [5.74, 6) is -0.428. The molecule has 0 spiro atoms. The molecule has 2 unspecified atom stereocenters. The Bertz CT molecular complexity index is 294. The molecule has 0 saturated carbocycles. The molecular weight excluding hydrogens is 234 g/mol. The number of amides is 2. The molecule has 18 heavy (non-hydrogen) atoms. The van der Waals surface area contributed by atoms with E-state index < -0.39 is 0 Å². The Balaban J connectivity index is 2.38. The minimum absolute atomic E-state index is 0.0445. The summed E-state index contributed by atoms with van der Waals surface area (Å²) >= 11 is 0. The van der Waals surface area contributed by atoms with Gasteiger partial charge in [-0.25, -0.2) is 0 Å². The fourth-order valence-corrected chi connectivity index (χ4v) is 1.80. The van der Waals surface area contributed by atoms with Gasteiger partial charge in [0.2, 0.25) is 11.8 Å². The van der Waals surface area contributed by atoms with Crippen molar-refractivity contribution in [1.82, 2.24) is 15.5 Å². The third-order valence-corrected chi connectivity index (χ3v) is 2.99. The van der Waals surface area contributed by atoms with Crippen LogP contribution in [-0.2, 0) is 14.3 Å². The highest BCUT2D eigenvalue weighted by Gasteiger charge is 2.33. The predicted octanol–water partition coefficient (Wildman–Crippen LogP) is -0.795. The molecule has 2 amide bonds. The second kappa shape index (κ2) is 7.33. The van der Waals surface area contributed by atoms with Gasteiger partial charge in [-0.1, -0.05) is 6.92 Å². The first-order chi connectivity index (χ1) is 8.56. The Morgan fingerprint density at radius 3 is 2.67 bits per heavy atom. The number of hydrogen-bond acceptors (Lipinski definition) is 4. The monoisotopic (exact) mass is 257 g/mol. The zero-order valence-electron chi connectivity index (χ0n) is 11.4.